The number of nitrogens with zero attached hydrogens (tertiary/aromatic N) is 1. The summed E-state index contributed by atoms with van der Waals surface area (Å²) >= 11 is 0. The Morgan fingerprint density at radius 3 is 2.95 bits per heavy atom. The predicted molar refractivity (Wildman–Crippen MR) is 64.6 cm³/mol. The molecule has 0 saturated carbocycles. The fourth-order valence-corrected chi connectivity index (χ4v) is 2.08. The van der Waals surface area contributed by atoms with Crippen molar-refractivity contribution in [2.75, 3.05) is 13.7 Å². The number of ether oxygens (including phenoxy) is 2. The average Bonchev–Trinajstić information content (AvgIpc) is 3.05. The highest BCUT2D eigenvalue weighted by Gasteiger charge is 2.21. The van der Waals surface area contributed by atoms with E-state index in [2.05, 4.69) is 5.16 Å². The van der Waals surface area contributed by atoms with E-state index in [-0.39, 0.29) is 5.76 Å². The SMILES string of the molecule is COc1cc(-c2cc(C(=O)O)on2)cc2c1OCC2. The quantitative estimate of drug-likeness (QED) is 0.909. The van der Waals surface area contributed by atoms with Crippen molar-refractivity contribution in [2.24, 2.45) is 0 Å². The van der Waals surface area contributed by atoms with Crippen molar-refractivity contribution in [2.45, 2.75) is 6.42 Å². The molecule has 6 nitrogen and oxygen atoms in total. The van der Waals surface area contributed by atoms with Gasteiger partial charge in [0.15, 0.2) is 11.5 Å². The molecule has 1 aliphatic rings. The number of aromatic carboxylic acids is 1. The first kappa shape index (κ1) is 11.6. The molecule has 6 heteroatoms. The summed E-state index contributed by atoms with van der Waals surface area (Å²) in [6.45, 7) is 0.619. The van der Waals surface area contributed by atoms with Gasteiger partial charge in [-0.3, -0.25) is 0 Å². The number of rotatable bonds is 3. The zero-order chi connectivity index (χ0) is 13.4. The molecular formula is C13H11NO5. The maximum absolute atomic E-state index is 10.8. The maximum Gasteiger partial charge on any atom is 0.374 e. The third-order valence-corrected chi connectivity index (χ3v) is 2.99. The zero-order valence-electron chi connectivity index (χ0n) is 10.2. The molecule has 0 bridgehead atoms. The van der Waals surface area contributed by atoms with Crippen molar-refractivity contribution in [1.82, 2.24) is 5.16 Å². The molecule has 3 rings (SSSR count). The molecule has 0 unspecified atom stereocenters. The number of carbonyl (C=O) groups is 1. The minimum atomic E-state index is -1.14. The van der Waals surface area contributed by atoms with Crippen LogP contribution in [0.15, 0.2) is 22.7 Å². The monoisotopic (exact) mass is 261 g/mol. The molecule has 98 valence electrons. The Labute approximate surface area is 108 Å². The van der Waals surface area contributed by atoms with Crippen molar-refractivity contribution in [3.8, 4) is 22.8 Å². The Morgan fingerprint density at radius 1 is 1.42 bits per heavy atom. The predicted octanol–water partition coefficient (Wildman–Crippen LogP) is 1.98. The van der Waals surface area contributed by atoms with Gasteiger partial charge in [-0.1, -0.05) is 5.16 Å². The van der Waals surface area contributed by atoms with Gasteiger partial charge in [-0.15, -0.1) is 0 Å². The van der Waals surface area contributed by atoms with E-state index >= 15 is 0 Å². The molecule has 19 heavy (non-hydrogen) atoms. The molecule has 0 radical (unpaired) electrons. The summed E-state index contributed by atoms with van der Waals surface area (Å²) < 4.78 is 15.5. The van der Waals surface area contributed by atoms with Crippen LogP contribution in [0.25, 0.3) is 11.3 Å². The zero-order valence-corrected chi connectivity index (χ0v) is 10.2. The number of aromatic nitrogens is 1. The molecule has 2 aromatic rings. The Kier molecular flexibility index (Phi) is 2.63. The summed E-state index contributed by atoms with van der Waals surface area (Å²) in [6, 6.07) is 5.06. The van der Waals surface area contributed by atoms with Crippen LogP contribution in [0, 0.1) is 0 Å². The second-order valence-electron chi connectivity index (χ2n) is 4.15. The number of benzene rings is 1. The second kappa shape index (κ2) is 4.31. The lowest BCUT2D eigenvalue weighted by Gasteiger charge is -2.08. The van der Waals surface area contributed by atoms with Crippen molar-refractivity contribution in [1.29, 1.82) is 0 Å². The Hall–Kier alpha value is -2.50. The van der Waals surface area contributed by atoms with Gasteiger partial charge in [0.05, 0.1) is 13.7 Å². The molecule has 1 aromatic heterocycles. The highest BCUT2D eigenvalue weighted by atomic mass is 16.5. The first-order valence-electron chi connectivity index (χ1n) is 5.73. The summed E-state index contributed by atoms with van der Waals surface area (Å²) in [6.07, 6.45) is 0.795. The minimum absolute atomic E-state index is 0.189. The van der Waals surface area contributed by atoms with Crippen LogP contribution in [0.2, 0.25) is 0 Å². The van der Waals surface area contributed by atoms with E-state index in [0.29, 0.717) is 18.1 Å². The van der Waals surface area contributed by atoms with Gasteiger partial charge in [0, 0.05) is 23.6 Å². The minimum Gasteiger partial charge on any atom is -0.493 e. The van der Waals surface area contributed by atoms with Crippen LogP contribution < -0.4 is 9.47 Å². The van der Waals surface area contributed by atoms with E-state index in [1.807, 2.05) is 6.07 Å². The van der Waals surface area contributed by atoms with Crippen LogP contribution in [0.1, 0.15) is 16.1 Å². The molecule has 0 fully saturated rings. The lowest BCUT2D eigenvalue weighted by Crippen LogP contribution is -1.92. The van der Waals surface area contributed by atoms with Gasteiger partial charge in [-0.05, 0) is 12.1 Å². The highest BCUT2D eigenvalue weighted by molar-refractivity contribution is 5.85. The van der Waals surface area contributed by atoms with E-state index in [0.717, 1.165) is 23.3 Å². The number of hydrogen-bond acceptors (Lipinski definition) is 5. The van der Waals surface area contributed by atoms with E-state index in [1.165, 1.54) is 6.07 Å². The Balaban J connectivity index is 2.07. The lowest BCUT2D eigenvalue weighted by atomic mass is 10.1. The van der Waals surface area contributed by atoms with Crippen molar-refractivity contribution >= 4 is 5.97 Å². The summed E-state index contributed by atoms with van der Waals surface area (Å²) in [7, 11) is 1.56. The Morgan fingerprint density at radius 2 is 2.26 bits per heavy atom. The molecule has 0 saturated heterocycles. The van der Waals surface area contributed by atoms with Gasteiger partial charge in [0.25, 0.3) is 0 Å². The third kappa shape index (κ3) is 1.91. The van der Waals surface area contributed by atoms with Gasteiger partial charge >= 0.3 is 5.97 Å². The van der Waals surface area contributed by atoms with Crippen LogP contribution >= 0.6 is 0 Å². The van der Waals surface area contributed by atoms with Crippen LogP contribution in [0.5, 0.6) is 11.5 Å². The first-order valence-corrected chi connectivity index (χ1v) is 5.73. The van der Waals surface area contributed by atoms with Gasteiger partial charge in [-0.2, -0.15) is 0 Å². The topological polar surface area (TPSA) is 81.8 Å². The molecule has 1 aliphatic heterocycles. The van der Waals surface area contributed by atoms with Gasteiger partial charge in [0.1, 0.15) is 5.69 Å². The third-order valence-electron chi connectivity index (χ3n) is 2.99. The first-order chi connectivity index (χ1) is 9.19. The summed E-state index contributed by atoms with van der Waals surface area (Å²) in [5.74, 6) is 0.0269. The van der Waals surface area contributed by atoms with E-state index in [4.69, 9.17) is 19.1 Å². The fraction of sp³-hybridized carbons (Fsp3) is 0.231. The van der Waals surface area contributed by atoms with Crippen LogP contribution in [-0.4, -0.2) is 29.9 Å². The largest absolute Gasteiger partial charge is 0.493 e. The molecule has 0 atom stereocenters. The van der Waals surface area contributed by atoms with Crippen molar-refractivity contribution in [3.63, 3.8) is 0 Å². The number of hydrogen-bond donors (Lipinski definition) is 1. The number of fused-ring (bicyclic) bond motifs is 1. The fourth-order valence-electron chi connectivity index (χ4n) is 2.08. The molecule has 0 spiro atoms. The molecule has 1 N–H and O–H groups in total. The van der Waals surface area contributed by atoms with E-state index in [1.54, 1.807) is 13.2 Å². The van der Waals surface area contributed by atoms with E-state index in [9.17, 15) is 4.79 Å². The van der Waals surface area contributed by atoms with Crippen LogP contribution in [0.3, 0.4) is 0 Å². The molecule has 0 aliphatic carbocycles. The van der Waals surface area contributed by atoms with Gasteiger partial charge < -0.3 is 19.1 Å². The summed E-state index contributed by atoms with van der Waals surface area (Å²) in [5.41, 5.74) is 2.23. The Bertz CT molecular complexity index is 646. The van der Waals surface area contributed by atoms with Gasteiger partial charge in [-0.25, -0.2) is 4.79 Å². The van der Waals surface area contributed by atoms with Crippen LogP contribution in [-0.2, 0) is 6.42 Å². The molecule has 2 heterocycles. The number of carboxylic acid groups (broad SMARTS) is 1. The normalized spacial score (nSPS) is 12.9. The number of methoxy groups -OCH3 is 1. The number of carboxylic acids is 1. The summed E-state index contributed by atoms with van der Waals surface area (Å²) in [4.78, 5) is 10.8. The van der Waals surface area contributed by atoms with E-state index < -0.39 is 5.97 Å². The van der Waals surface area contributed by atoms with Gasteiger partial charge in [0.2, 0.25) is 5.76 Å². The molecular weight excluding hydrogens is 250 g/mol. The lowest BCUT2D eigenvalue weighted by molar-refractivity contribution is 0.0652. The summed E-state index contributed by atoms with van der Waals surface area (Å²) in [5, 5.41) is 12.6. The van der Waals surface area contributed by atoms with Crippen molar-refractivity contribution in [3.05, 3.63) is 29.5 Å². The smallest absolute Gasteiger partial charge is 0.374 e. The molecule has 1 aromatic carbocycles. The molecule has 0 amide bonds. The highest BCUT2D eigenvalue weighted by Crippen LogP contribution is 2.39. The maximum atomic E-state index is 10.8. The standard InChI is InChI=1S/C13H11NO5/c1-17-10-5-8(4-7-2-3-18-12(7)10)9-6-11(13(15)16)19-14-9/h4-6H,2-3H2,1H3,(H,15,16). The van der Waals surface area contributed by atoms with Crippen LogP contribution in [0.4, 0.5) is 0 Å². The average molecular weight is 261 g/mol. The second-order valence-corrected chi connectivity index (χ2v) is 4.15. The van der Waals surface area contributed by atoms with Crippen molar-refractivity contribution < 1.29 is 23.9 Å².